The lowest BCUT2D eigenvalue weighted by atomic mass is 9.66. The standard InChI is InChI=1S/C25H38N2O6/c1-3-14-26(17-10-6-4-7-11-17)22(30)20-25-13-12-24(2,33-25)19(23(31)32)18(25)21(29)27(20)15-8-5-9-16-28/h3,17-20,28H,1,4-16H2,2H3,(H,31,32)/t18-,19-,20?,24+,25?/m0/s1. The van der Waals surface area contributed by atoms with E-state index in [1.807, 2.05) is 4.90 Å². The Bertz CT molecular complexity index is 796. The second-order valence-electron chi connectivity index (χ2n) is 10.5. The second-order valence-corrected chi connectivity index (χ2v) is 10.5. The lowest BCUT2D eigenvalue weighted by Gasteiger charge is -2.40. The monoisotopic (exact) mass is 462 g/mol. The number of carboxylic acids is 1. The number of aliphatic carboxylic acids is 1. The number of hydrogen-bond donors (Lipinski definition) is 2. The topological polar surface area (TPSA) is 107 Å². The molecule has 0 aromatic carbocycles. The quantitative estimate of drug-likeness (QED) is 0.381. The molecule has 2 amide bonds. The van der Waals surface area contributed by atoms with Crippen molar-refractivity contribution < 1.29 is 29.3 Å². The first-order valence-corrected chi connectivity index (χ1v) is 12.6. The molecule has 184 valence electrons. The fraction of sp³-hybridized carbons (Fsp3) is 0.800. The number of fused-ring (bicyclic) bond motifs is 1. The maximum Gasteiger partial charge on any atom is 0.310 e. The molecule has 3 aliphatic heterocycles. The maximum atomic E-state index is 14.2. The van der Waals surface area contributed by atoms with E-state index in [-0.39, 0.29) is 24.5 Å². The highest BCUT2D eigenvalue weighted by Crippen LogP contribution is 2.63. The first-order valence-electron chi connectivity index (χ1n) is 12.6. The minimum absolute atomic E-state index is 0.0835. The van der Waals surface area contributed by atoms with E-state index in [9.17, 15) is 19.5 Å². The predicted molar refractivity (Wildman–Crippen MR) is 121 cm³/mol. The van der Waals surface area contributed by atoms with E-state index in [0.717, 1.165) is 32.1 Å². The minimum atomic E-state index is -1.09. The molecule has 0 aromatic heterocycles. The molecule has 3 heterocycles. The van der Waals surface area contributed by atoms with Gasteiger partial charge >= 0.3 is 5.97 Å². The zero-order valence-electron chi connectivity index (χ0n) is 19.7. The van der Waals surface area contributed by atoms with Crippen molar-refractivity contribution in [2.75, 3.05) is 19.7 Å². The summed E-state index contributed by atoms with van der Waals surface area (Å²) in [6, 6.07) is -0.701. The van der Waals surface area contributed by atoms with Gasteiger partial charge < -0.3 is 24.7 Å². The summed E-state index contributed by atoms with van der Waals surface area (Å²) in [6.45, 7) is 6.50. The molecule has 1 spiro atoms. The van der Waals surface area contributed by atoms with Crippen LogP contribution in [-0.2, 0) is 19.1 Å². The third kappa shape index (κ3) is 3.89. The number of unbranched alkanes of at least 4 members (excludes halogenated alkanes) is 2. The average Bonchev–Trinajstić information content (AvgIpc) is 3.36. The maximum absolute atomic E-state index is 14.2. The largest absolute Gasteiger partial charge is 0.481 e. The van der Waals surface area contributed by atoms with Crippen LogP contribution in [-0.4, -0.2) is 80.8 Å². The number of aliphatic hydroxyl groups excluding tert-OH is 1. The molecule has 2 N–H and O–H groups in total. The van der Waals surface area contributed by atoms with E-state index in [1.165, 1.54) is 6.42 Å². The number of aliphatic hydroxyl groups is 1. The second kappa shape index (κ2) is 9.37. The predicted octanol–water partition coefficient (Wildman–Crippen LogP) is 2.35. The van der Waals surface area contributed by atoms with Gasteiger partial charge in [0.05, 0.1) is 17.4 Å². The number of ether oxygens (including phenoxy) is 1. The summed E-state index contributed by atoms with van der Waals surface area (Å²) in [5.41, 5.74) is -2.02. The van der Waals surface area contributed by atoms with Crippen LogP contribution in [0, 0.1) is 11.8 Å². The summed E-state index contributed by atoms with van der Waals surface area (Å²) in [4.78, 5) is 43.7. The first kappa shape index (κ1) is 24.2. The highest BCUT2D eigenvalue weighted by atomic mass is 16.5. The van der Waals surface area contributed by atoms with E-state index in [4.69, 9.17) is 9.84 Å². The lowest BCUT2D eigenvalue weighted by Crippen LogP contribution is -2.58. The number of likely N-dealkylation sites (tertiary alicyclic amines) is 1. The van der Waals surface area contributed by atoms with Crippen LogP contribution in [0.5, 0.6) is 0 Å². The van der Waals surface area contributed by atoms with Crippen molar-refractivity contribution in [3.8, 4) is 0 Å². The number of rotatable bonds is 10. The van der Waals surface area contributed by atoms with Gasteiger partial charge in [-0.1, -0.05) is 25.3 Å². The molecule has 4 fully saturated rings. The van der Waals surface area contributed by atoms with E-state index >= 15 is 0 Å². The Kier molecular flexibility index (Phi) is 6.87. The third-order valence-electron chi connectivity index (χ3n) is 8.46. The van der Waals surface area contributed by atoms with Gasteiger partial charge in [-0.15, -0.1) is 6.58 Å². The van der Waals surface area contributed by atoms with Gasteiger partial charge in [0.25, 0.3) is 0 Å². The molecular formula is C25H38N2O6. The lowest BCUT2D eigenvalue weighted by molar-refractivity contribution is -0.157. The highest BCUT2D eigenvalue weighted by molar-refractivity contribution is 5.98. The van der Waals surface area contributed by atoms with Gasteiger partial charge in [0, 0.05) is 25.7 Å². The molecule has 0 radical (unpaired) electrons. The number of carbonyl (C=O) groups is 3. The van der Waals surface area contributed by atoms with Crippen molar-refractivity contribution in [2.45, 2.75) is 94.4 Å². The molecule has 2 bridgehead atoms. The van der Waals surface area contributed by atoms with Crippen molar-refractivity contribution in [1.82, 2.24) is 9.80 Å². The van der Waals surface area contributed by atoms with E-state index < -0.39 is 35.0 Å². The fourth-order valence-electron chi connectivity index (χ4n) is 7.00. The summed E-state index contributed by atoms with van der Waals surface area (Å²) >= 11 is 0. The van der Waals surface area contributed by atoms with Gasteiger partial charge in [-0.05, 0) is 51.9 Å². The van der Waals surface area contributed by atoms with Gasteiger partial charge in [0.1, 0.15) is 11.6 Å². The van der Waals surface area contributed by atoms with Crippen molar-refractivity contribution in [2.24, 2.45) is 11.8 Å². The Morgan fingerprint density at radius 2 is 1.94 bits per heavy atom. The Labute approximate surface area is 195 Å². The van der Waals surface area contributed by atoms with Crippen LogP contribution in [0.15, 0.2) is 12.7 Å². The number of amides is 2. The van der Waals surface area contributed by atoms with Crippen molar-refractivity contribution >= 4 is 17.8 Å². The summed E-state index contributed by atoms with van der Waals surface area (Å²) in [6.07, 6.45) is 9.97. The average molecular weight is 463 g/mol. The highest BCUT2D eigenvalue weighted by Gasteiger charge is 2.78. The minimum Gasteiger partial charge on any atom is -0.481 e. The fourth-order valence-corrected chi connectivity index (χ4v) is 7.00. The Hall–Kier alpha value is -1.93. The third-order valence-corrected chi connectivity index (χ3v) is 8.46. The van der Waals surface area contributed by atoms with E-state index in [1.54, 1.807) is 17.9 Å². The molecule has 2 unspecified atom stereocenters. The molecule has 1 aliphatic carbocycles. The zero-order valence-corrected chi connectivity index (χ0v) is 19.7. The molecule has 1 saturated carbocycles. The summed E-state index contributed by atoms with van der Waals surface area (Å²) in [7, 11) is 0. The number of hydrogen-bond acceptors (Lipinski definition) is 5. The van der Waals surface area contributed by atoms with Crippen LogP contribution in [0.1, 0.15) is 71.1 Å². The summed E-state index contributed by atoms with van der Waals surface area (Å²) in [5.74, 6) is -3.21. The zero-order chi connectivity index (χ0) is 23.8. The smallest absolute Gasteiger partial charge is 0.310 e. The van der Waals surface area contributed by atoms with Gasteiger partial charge in [-0.25, -0.2) is 0 Å². The normalized spacial score (nSPS) is 35.6. The van der Waals surface area contributed by atoms with Crippen LogP contribution < -0.4 is 0 Å². The first-order chi connectivity index (χ1) is 15.8. The van der Waals surface area contributed by atoms with E-state index in [2.05, 4.69) is 6.58 Å². The van der Waals surface area contributed by atoms with Crippen LogP contribution in [0.2, 0.25) is 0 Å². The molecular weight excluding hydrogens is 424 g/mol. The van der Waals surface area contributed by atoms with Gasteiger partial charge in [0.2, 0.25) is 11.8 Å². The van der Waals surface area contributed by atoms with Crippen LogP contribution >= 0.6 is 0 Å². The molecule has 8 heteroatoms. The van der Waals surface area contributed by atoms with Gasteiger partial charge in [-0.2, -0.15) is 0 Å². The van der Waals surface area contributed by atoms with Crippen LogP contribution in [0.25, 0.3) is 0 Å². The molecule has 3 saturated heterocycles. The number of carboxylic acid groups (broad SMARTS) is 1. The molecule has 8 nitrogen and oxygen atoms in total. The summed E-state index contributed by atoms with van der Waals surface area (Å²) in [5, 5.41) is 19.2. The molecule has 4 rings (SSSR count). The SMILES string of the molecule is C=CCN(C(=O)C1N(CCCCCO)C(=O)[C@@H]2[C@@H](C(=O)O)[C@@]3(C)CCC12O3)C1CCCCC1. The van der Waals surface area contributed by atoms with Crippen LogP contribution in [0.4, 0.5) is 0 Å². The van der Waals surface area contributed by atoms with Crippen molar-refractivity contribution in [3.05, 3.63) is 12.7 Å². The molecule has 4 aliphatic rings. The van der Waals surface area contributed by atoms with E-state index in [0.29, 0.717) is 38.8 Å². The molecule has 5 atom stereocenters. The van der Waals surface area contributed by atoms with Gasteiger partial charge in [-0.3, -0.25) is 14.4 Å². The Morgan fingerprint density at radius 3 is 2.58 bits per heavy atom. The number of carbonyl (C=O) groups excluding carboxylic acids is 2. The molecule has 33 heavy (non-hydrogen) atoms. The summed E-state index contributed by atoms with van der Waals surface area (Å²) < 4.78 is 6.47. The Morgan fingerprint density at radius 1 is 1.21 bits per heavy atom. The van der Waals surface area contributed by atoms with Crippen molar-refractivity contribution in [3.63, 3.8) is 0 Å². The van der Waals surface area contributed by atoms with Crippen LogP contribution in [0.3, 0.4) is 0 Å². The van der Waals surface area contributed by atoms with Crippen molar-refractivity contribution in [1.29, 1.82) is 0 Å². The molecule has 0 aromatic rings. The number of nitrogens with zero attached hydrogens (tertiary/aromatic N) is 2. The Balaban J connectivity index is 1.70. The van der Waals surface area contributed by atoms with Gasteiger partial charge in [0.15, 0.2) is 0 Å².